The molecule has 2 heterocycles. The van der Waals surface area contributed by atoms with Crippen LogP contribution in [0.4, 0.5) is 5.69 Å². The number of amides is 1. The average Bonchev–Trinajstić information content (AvgIpc) is 3.01. The topological polar surface area (TPSA) is 77.2 Å². The van der Waals surface area contributed by atoms with E-state index < -0.39 is 5.54 Å². The maximum Gasteiger partial charge on any atom is 0.245 e. The van der Waals surface area contributed by atoms with Crippen LogP contribution in [-0.2, 0) is 9.53 Å². The predicted octanol–water partition coefficient (Wildman–Crippen LogP) is 3.19. The second kappa shape index (κ2) is 5.95. The number of hydrogen-bond acceptors (Lipinski definition) is 5. The molecule has 0 spiro atoms. The van der Waals surface area contributed by atoms with Gasteiger partial charge < -0.3 is 15.8 Å². The Morgan fingerprint density at radius 1 is 1.46 bits per heavy atom. The monoisotopic (exact) mass is 367 g/mol. The largest absolute Gasteiger partial charge is 0.377 e. The Hall–Kier alpha value is -1.21. The molecule has 2 fully saturated rings. The first-order valence-electron chi connectivity index (χ1n) is 8.00. The van der Waals surface area contributed by atoms with Gasteiger partial charge in [-0.25, -0.2) is 4.98 Å². The third-order valence-electron chi connectivity index (χ3n) is 5.65. The van der Waals surface area contributed by atoms with Gasteiger partial charge in [0.05, 0.1) is 21.8 Å². The first-order chi connectivity index (χ1) is 10.9. The van der Waals surface area contributed by atoms with Gasteiger partial charge >= 0.3 is 0 Å². The van der Waals surface area contributed by atoms with Crippen molar-refractivity contribution in [2.45, 2.75) is 38.3 Å². The summed E-state index contributed by atoms with van der Waals surface area (Å²) < 4.78 is 6.92. The van der Waals surface area contributed by atoms with Crippen molar-refractivity contribution in [1.82, 2.24) is 4.98 Å². The van der Waals surface area contributed by atoms with Gasteiger partial charge in [-0.15, -0.1) is 23.7 Å². The van der Waals surface area contributed by atoms with Crippen LogP contribution in [0.1, 0.15) is 26.7 Å². The summed E-state index contributed by atoms with van der Waals surface area (Å²) in [5.41, 5.74) is 8.89. The second-order valence-electron chi connectivity index (χ2n) is 7.12. The van der Waals surface area contributed by atoms with Crippen LogP contribution in [0.3, 0.4) is 0 Å². The molecular formula is C17H22ClN3O2S. The van der Waals surface area contributed by atoms with Crippen molar-refractivity contribution in [2.75, 3.05) is 11.9 Å². The Bertz CT molecular complexity index is 778. The molecule has 2 aromatic rings. The number of anilines is 1. The van der Waals surface area contributed by atoms with Crippen molar-refractivity contribution >= 4 is 45.6 Å². The van der Waals surface area contributed by atoms with Crippen molar-refractivity contribution in [2.24, 2.45) is 17.1 Å². The van der Waals surface area contributed by atoms with Gasteiger partial charge in [-0.2, -0.15) is 0 Å². The van der Waals surface area contributed by atoms with E-state index in [-0.39, 0.29) is 35.8 Å². The lowest BCUT2D eigenvalue weighted by Gasteiger charge is -2.65. The molecule has 130 valence electrons. The standard InChI is InChI=1S/C17H21N3O2S.ClH/c1-16(2)14-11(4-3-7-22-14)17(16,18)15(21)20-10-5-6-12-13(8-10)23-9-19-12;/h5-6,8-9,11,14H,3-4,7,18H2,1-2H3,(H,20,21);1H. The fourth-order valence-electron chi connectivity index (χ4n) is 4.20. The SMILES string of the molecule is CC1(C)C2OCCCC2C1(N)C(=O)Nc1ccc2ncsc2c1.Cl. The highest BCUT2D eigenvalue weighted by Crippen LogP contribution is 2.57. The summed E-state index contributed by atoms with van der Waals surface area (Å²) in [5.74, 6) is -0.0171. The third kappa shape index (κ3) is 2.28. The van der Waals surface area contributed by atoms with Crippen molar-refractivity contribution in [3.8, 4) is 0 Å². The molecule has 5 nitrogen and oxygen atoms in total. The Kier molecular flexibility index (Phi) is 4.36. The lowest BCUT2D eigenvalue weighted by Crippen LogP contribution is -2.81. The molecule has 0 radical (unpaired) electrons. The van der Waals surface area contributed by atoms with Gasteiger partial charge in [0.1, 0.15) is 5.54 Å². The fraction of sp³-hybridized carbons (Fsp3) is 0.529. The lowest BCUT2D eigenvalue weighted by molar-refractivity contribution is -0.222. The summed E-state index contributed by atoms with van der Waals surface area (Å²) in [5, 5.41) is 3.01. The number of nitrogens with zero attached hydrogens (tertiary/aromatic N) is 1. The second-order valence-corrected chi connectivity index (χ2v) is 8.01. The van der Waals surface area contributed by atoms with Crippen molar-refractivity contribution in [3.63, 3.8) is 0 Å². The molecular weight excluding hydrogens is 346 g/mol. The summed E-state index contributed by atoms with van der Waals surface area (Å²) in [7, 11) is 0. The minimum atomic E-state index is -0.888. The third-order valence-corrected chi connectivity index (χ3v) is 6.44. The van der Waals surface area contributed by atoms with Gasteiger partial charge in [-0.3, -0.25) is 4.79 Å². The van der Waals surface area contributed by atoms with Gasteiger partial charge in [-0.05, 0) is 31.0 Å². The van der Waals surface area contributed by atoms with Crippen LogP contribution in [0.5, 0.6) is 0 Å². The summed E-state index contributed by atoms with van der Waals surface area (Å²) >= 11 is 1.56. The number of fused-ring (bicyclic) bond motifs is 2. The summed E-state index contributed by atoms with van der Waals surface area (Å²) in [6.07, 6.45) is 2.00. The van der Waals surface area contributed by atoms with E-state index in [1.54, 1.807) is 16.8 Å². The number of hydrogen-bond donors (Lipinski definition) is 2. The molecule has 0 bridgehead atoms. The normalized spacial score (nSPS) is 30.8. The summed E-state index contributed by atoms with van der Waals surface area (Å²) in [6.45, 7) is 4.83. The Morgan fingerprint density at radius 2 is 2.25 bits per heavy atom. The van der Waals surface area contributed by atoms with E-state index in [4.69, 9.17) is 10.5 Å². The number of carbonyl (C=O) groups is 1. The van der Waals surface area contributed by atoms with Gasteiger partial charge in [-0.1, -0.05) is 13.8 Å². The van der Waals surface area contributed by atoms with Gasteiger partial charge in [0.15, 0.2) is 0 Å². The van der Waals surface area contributed by atoms with Crippen LogP contribution >= 0.6 is 23.7 Å². The minimum Gasteiger partial charge on any atom is -0.377 e. The number of aromatic nitrogens is 1. The first kappa shape index (κ1) is 17.6. The molecule has 3 unspecified atom stereocenters. The lowest BCUT2D eigenvalue weighted by atomic mass is 9.46. The molecule has 7 heteroatoms. The minimum absolute atomic E-state index is 0. The summed E-state index contributed by atoms with van der Waals surface area (Å²) in [4.78, 5) is 17.2. The number of rotatable bonds is 2. The van der Waals surface area contributed by atoms with Gasteiger partial charge in [0.25, 0.3) is 0 Å². The highest BCUT2D eigenvalue weighted by Gasteiger charge is 2.70. The van der Waals surface area contributed by atoms with Crippen LogP contribution < -0.4 is 11.1 Å². The highest BCUT2D eigenvalue weighted by atomic mass is 35.5. The number of ether oxygens (including phenoxy) is 1. The first-order valence-corrected chi connectivity index (χ1v) is 8.88. The Balaban J connectivity index is 0.00000169. The van der Waals surface area contributed by atoms with E-state index in [0.717, 1.165) is 35.4 Å². The number of benzene rings is 1. The Labute approximate surface area is 151 Å². The predicted molar refractivity (Wildman–Crippen MR) is 98.7 cm³/mol. The zero-order chi connectivity index (χ0) is 16.2. The van der Waals surface area contributed by atoms with E-state index >= 15 is 0 Å². The van der Waals surface area contributed by atoms with Crippen LogP contribution in [0.25, 0.3) is 10.2 Å². The molecule has 1 aromatic carbocycles. The maximum atomic E-state index is 13.0. The van der Waals surface area contributed by atoms with Crippen molar-refractivity contribution in [3.05, 3.63) is 23.7 Å². The molecule has 1 aromatic heterocycles. The van der Waals surface area contributed by atoms with E-state index in [0.29, 0.717) is 0 Å². The molecule has 1 amide bonds. The van der Waals surface area contributed by atoms with E-state index in [9.17, 15) is 4.79 Å². The molecule has 1 saturated carbocycles. The molecule has 1 aliphatic carbocycles. The van der Waals surface area contributed by atoms with Crippen LogP contribution in [0.2, 0.25) is 0 Å². The number of nitrogens with two attached hydrogens (primary N) is 1. The number of thiazole rings is 1. The number of carbonyl (C=O) groups excluding carboxylic acids is 1. The zero-order valence-corrected chi connectivity index (χ0v) is 15.4. The molecule has 3 N–H and O–H groups in total. The molecule has 4 rings (SSSR count). The van der Waals surface area contributed by atoms with Crippen LogP contribution in [-0.4, -0.2) is 29.1 Å². The van der Waals surface area contributed by atoms with E-state index in [1.165, 1.54) is 0 Å². The number of halogens is 1. The number of nitrogens with one attached hydrogen (secondary N) is 1. The molecule has 1 saturated heterocycles. The highest BCUT2D eigenvalue weighted by molar-refractivity contribution is 7.16. The maximum absolute atomic E-state index is 13.0. The smallest absolute Gasteiger partial charge is 0.245 e. The average molecular weight is 368 g/mol. The molecule has 3 atom stereocenters. The summed E-state index contributed by atoms with van der Waals surface area (Å²) in [6, 6.07) is 5.75. The van der Waals surface area contributed by atoms with Gasteiger partial charge in [0, 0.05) is 23.6 Å². The van der Waals surface area contributed by atoms with Crippen molar-refractivity contribution in [1.29, 1.82) is 0 Å². The molecule has 1 aliphatic heterocycles. The van der Waals surface area contributed by atoms with E-state index in [2.05, 4.69) is 10.3 Å². The Morgan fingerprint density at radius 3 is 3.04 bits per heavy atom. The van der Waals surface area contributed by atoms with Crippen molar-refractivity contribution < 1.29 is 9.53 Å². The van der Waals surface area contributed by atoms with Crippen LogP contribution in [0.15, 0.2) is 23.7 Å². The molecule has 24 heavy (non-hydrogen) atoms. The van der Waals surface area contributed by atoms with Gasteiger partial charge in [0.2, 0.25) is 5.91 Å². The van der Waals surface area contributed by atoms with E-state index in [1.807, 2.05) is 32.0 Å². The fourth-order valence-corrected chi connectivity index (χ4v) is 4.92. The quantitative estimate of drug-likeness (QED) is 0.854. The molecule has 2 aliphatic rings. The van der Waals surface area contributed by atoms with Crippen LogP contribution in [0, 0.1) is 11.3 Å². The zero-order valence-electron chi connectivity index (χ0n) is 13.7.